The van der Waals surface area contributed by atoms with Crippen LogP contribution < -0.4 is 11.1 Å². The third-order valence-electron chi connectivity index (χ3n) is 3.40. The van der Waals surface area contributed by atoms with Gasteiger partial charge in [0.05, 0.1) is 0 Å². The first-order chi connectivity index (χ1) is 8.56. The van der Waals surface area contributed by atoms with Crippen molar-refractivity contribution < 1.29 is 4.79 Å². The Balaban J connectivity index is 1.94. The zero-order chi connectivity index (χ0) is 13.1. The monoisotopic (exact) mass is 267 g/mol. The summed E-state index contributed by atoms with van der Waals surface area (Å²) >= 11 is 5.79. The van der Waals surface area contributed by atoms with Crippen LogP contribution in [0.4, 0.5) is 10.5 Å². The quantitative estimate of drug-likeness (QED) is 0.822. The van der Waals surface area contributed by atoms with Crippen molar-refractivity contribution in [2.75, 3.05) is 18.4 Å². The van der Waals surface area contributed by atoms with Gasteiger partial charge in [0.15, 0.2) is 0 Å². The van der Waals surface area contributed by atoms with Crippen LogP contribution in [0.15, 0.2) is 24.3 Å². The number of anilines is 1. The van der Waals surface area contributed by atoms with E-state index in [1.54, 1.807) is 29.2 Å². The summed E-state index contributed by atoms with van der Waals surface area (Å²) < 4.78 is 0. The maximum atomic E-state index is 12.0. The molecule has 2 rings (SSSR count). The van der Waals surface area contributed by atoms with Crippen LogP contribution in [-0.2, 0) is 0 Å². The summed E-state index contributed by atoms with van der Waals surface area (Å²) in [4.78, 5) is 13.8. The number of hydrogen-bond acceptors (Lipinski definition) is 2. The molecular formula is C13H18ClN3O. The highest BCUT2D eigenvalue weighted by Crippen LogP contribution is 2.18. The van der Waals surface area contributed by atoms with Gasteiger partial charge in [-0.05, 0) is 36.6 Å². The van der Waals surface area contributed by atoms with Crippen molar-refractivity contribution in [1.29, 1.82) is 0 Å². The number of urea groups is 1. The Morgan fingerprint density at radius 2 is 2.11 bits per heavy atom. The molecule has 2 unspecified atom stereocenters. The molecule has 0 aromatic heterocycles. The van der Waals surface area contributed by atoms with Crippen LogP contribution in [-0.4, -0.2) is 30.1 Å². The van der Waals surface area contributed by atoms with E-state index >= 15 is 0 Å². The van der Waals surface area contributed by atoms with E-state index in [1.165, 1.54) is 0 Å². The fraction of sp³-hybridized carbons (Fsp3) is 0.462. The third kappa shape index (κ3) is 3.15. The largest absolute Gasteiger partial charge is 0.326 e. The first kappa shape index (κ1) is 13.2. The van der Waals surface area contributed by atoms with Gasteiger partial charge in [-0.15, -0.1) is 0 Å². The Morgan fingerprint density at radius 1 is 1.44 bits per heavy atom. The van der Waals surface area contributed by atoms with Crippen molar-refractivity contribution in [3.63, 3.8) is 0 Å². The molecule has 1 aromatic rings. The minimum absolute atomic E-state index is 0.0646. The van der Waals surface area contributed by atoms with E-state index in [2.05, 4.69) is 12.2 Å². The van der Waals surface area contributed by atoms with E-state index < -0.39 is 0 Å². The molecule has 0 spiro atoms. The molecule has 0 radical (unpaired) electrons. The van der Waals surface area contributed by atoms with Gasteiger partial charge in [-0.3, -0.25) is 0 Å². The molecule has 1 aromatic carbocycles. The number of nitrogens with two attached hydrogens (primary N) is 1. The highest BCUT2D eigenvalue weighted by molar-refractivity contribution is 6.30. The van der Waals surface area contributed by atoms with E-state index in [-0.39, 0.29) is 12.1 Å². The Kier molecular flexibility index (Phi) is 4.09. The zero-order valence-corrected chi connectivity index (χ0v) is 11.2. The summed E-state index contributed by atoms with van der Waals surface area (Å²) in [7, 11) is 0. The minimum Gasteiger partial charge on any atom is -0.326 e. The molecule has 5 heteroatoms. The van der Waals surface area contributed by atoms with Gasteiger partial charge in [-0.2, -0.15) is 0 Å². The normalized spacial score (nSPS) is 23.8. The number of rotatable bonds is 1. The lowest BCUT2D eigenvalue weighted by atomic mass is 9.94. The molecular weight excluding hydrogens is 250 g/mol. The second-order valence-electron chi connectivity index (χ2n) is 4.81. The van der Waals surface area contributed by atoms with Gasteiger partial charge in [-0.25, -0.2) is 4.79 Å². The van der Waals surface area contributed by atoms with Gasteiger partial charge in [0, 0.05) is 29.8 Å². The lowest BCUT2D eigenvalue weighted by molar-refractivity contribution is 0.174. The molecule has 2 atom stereocenters. The lowest BCUT2D eigenvalue weighted by Gasteiger charge is -2.34. The summed E-state index contributed by atoms with van der Waals surface area (Å²) in [6.07, 6.45) is 0.954. The minimum atomic E-state index is -0.0975. The number of amides is 2. The van der Waals surface area contributed by atoms with E-state index in [9.17, 15) is 4.79 Å². The van der Waals surface area contributed by atoms with E-state index in [0.29, 0.717) is 17.5 Å². The molecule has 1 saturated heterocycles. The van der Waals surface area contributed by atoms with Gasteiger partial charge < -0.3 is 16.0 Å². The van der Waals surface area contributed by atoms with E-state index in [4.69, 9.17) is 17.3 Å². The fourth-order valence-corrected chi connectivity index (χ4v) is 2.15. The van der Waals surface area contributed by atoms with E-state index in [0.717, 1.165) is 18.7 Å². The van der Waals surface area contributed by atoms with E-state index in [1.807, 2.05) is 0 Å². The predicted octanol–water partition coefficient (Wildman–Crippen LogP) is 2.54. The number of hydrogen-bond donors (Lipinski definition) is 2. The van der Waals surface area contributed by atoms with Crippen LogP contribution in [0.5, 0.6) is 0 Å². The summed E-state index contributed by atoms with van der Waals surface area (Å²) in [5, 5.41) is 3.50. The maximum Gasteiger partial charge on any atom is 0.321 e. The molecule has 0 saturated carbocycles. The number of carbonyl (C=O) groups excluding carboxylic acids is 1. The topological polar surface area (TPSA) is 58.4 Å². The van der Waals surface area contributed by atoms with Crippen molar-refractivity contribution in [1.82, 2.24) is 4.90 Å². The van der Waals surface area contributed by atoms with Crippen LogP contribution in [0.1, 0.15) is 13.3 Å². The number of benzene rings is 1. The molecule has 2 amide bonds. The maximum absolute atomic E-state index is 12.0. The first-order valence-electron chi connectivity index (χ1n) is 6.13. The number of carbonyl (C=O) groups is 1. The predicted molar refractivity (Wildman–Crippen MR) is 73.8 cm³/mol. The smallest absolute Gasteiger partial charge is 0.321 e. The molecule has 1 fully saturated rings. The molecule has 0 aliphatic carbocycles. The van der Waals surface area contributed by atoms with Crippen LogP contribution in [0, 0.1) is 5.92 Å². The number of nitrogens with zero attached hydrogens (tertiary/aromatic N) is 1. The average molecular weight is 268 g/mol. The Labute approximate surface area is 112 Å². The summed E-state index contributed by atoms with van der Waals surface area (Å²) in [6.45, 7) is 3.49. The van der Waals surface area contributed by atoms with Gasteiger partial charge >= 0.3 is 6.03 Å². The van der Waals surface area contributed by atoms with Crippen molar-refractivity contribution in [3.05, 3.63) is 29.3 Å². The van der Waals surface area contributed by atoms with Crippen molar-refractivity contribution >= 4 is 23.3 Å². The Hall–Kier alpha value is -1.26. The molecule has 1 aliphatic heterocycles. The average Bonchev–Trinajstić information content (AvgIpc) is 2.35. The molecule has 98 valence electrons. The Morgan fingerprint density at radius 3 is 2.72 bits per heavy atom. The van der Waals surface area contributed by atoms with Crippen LogP contribution in [0.2, 0.25) is 5.02 Å². The van der Waals surface area contributed by atoms with Crippen molar-refractivity contribution in [2.24, 2.45) is 11.7 Å². The van der Waals surface area contributed by atoms with Gasteiger partial charge in [0.2, 0.25) is 0 Å². The fourth-order valence-electron chi connectivity index (χ4n) is 2.02. The SMILES string of the molecule is CC1CCN(C(=O)Nc2ccc(Cl)cc2)CC1N. The summed E-state index contributed by atoms with van der Waals surface area (Å²) in [6, 6.07) is 7.04. The van der Waals surface area contributed by atoms with Crippen molar-refractivity contribution in [2.45, 2.75) is 19.4 Å². The molecule has 1 aliphatic rings. The van der Waals surface area contributed by atoms with Gasteiger partial charge in [0.1, 0.15) is 0 Å². The summed E-state index contributed by atoms with van der Waals surface area (Å²) in [5.74, 6) is 0.476. The third-order valence-corrected chi connectivity index (χ3v) is 3.65. The number of halogens is 1. The van der Waals surface area contributed by atoms with Crippen LogP contribution >= 0.6 is 11.6 Å². The molecule has 0 bridgehead atoms. The highest BCUT2D eigenvalue weighted by atomic mass is 35.5. The first-order valence-corrected chi connectivity index (χ1v) is 6.51. The zero-order valence-electron chi connectivity index (χ0n) is 10.4. The summed E-state index contributed by atoms with van der Waals surface area (Å²) in [5.41, 5.74) is 6.73. The molecule has 3 N–H and O–H groups in total. The molecule has 4 nitrogen and oxygen atoms in total. The number of nitrogens with one attached hydrogen (secondary N) is 1. The number of piperidine rings is 1. The Bertz CT molecular complexity index is 421. The molecule has 1 heterocycles. The molecule has 18 heavy (non-hydrogen) atoms. The van der Waals surface area contributed by atoms with Gasteiger partial charge in [0.25, 0.3) is 0 Å². The van der Waals surface area contributed by atoms with Crippen LogP contribution in [0.3, 0.4) is 0 Å². The second-order valence-corrected chi connectivity index (χ2v) is 5.25. The highest BCUT2D eigenvalue weighted by Gasteiger charge is 2.26. The van der Waals surface area contributed by atoms with Crippen molar-refractivity contribution in [3.8, 4) is 0 Å². The van der Waals surface area contributed by atoms with Gasteiger partial charge in [-0.1, -0.05) is 18.5 Å². The number of likely N-dealkylation sites (tertiary alicyclic amines) is 1. The standard InChI is InChI=1S/C13H18ClN3O/c1-9-6-7-17(8-12(9)15)13(18)16-11-4-2-10(14)3-5-11/h2-5,9,12H,6-8,15H2,1H3,(H,16,18). The lowest BCUT2D eigenvalue weighted by Crippen LogP contribution is -2.50. The second kappa shape index (κ2) is 5.59. The van der Waals surface area contributed by atoms with Crippen LogP contribution in [0.25, 0.3) is 0 Å².